The standard InChI is InChI=1S/C71H135NO8/c1-3-5-7-9-11-13-15-17-19-21-23-25-27-29-31-32-33-34-35-37-39-41-43-45-47-49-51-53-55-57-59-61-67(75)72-64(63-79-71-70(78)69(77)68(76)66(62-73)80-71)65(74)60-58-56-54-52-50-48-46-44-42-40-38-36-30-28-26-24-22-20-18-16-14-12-10-8-6-4-2/h15,17,21,23,27,29,64-66,68-71,73-74,76-78H,3-14,16,18-20,22,24-26,28,30-63H2,1-2H3,(H,72,75)/b17-15-,23-21-,29-27-. The predicted octanol–water partition coefficient (Wildman–Crippen LogP) is 19.0. The van der Waals surface area contributed by atoms with Crippen LogP contribution in [-0.4, -0.2) is 87.5 Å². The molecule has 0 aromatic carbocycles. The molecule has 0 radical (unpaired) electrons. The van der Waals surface area contributed by atoms with Gasteiger partial charge in [0.15, 0.2) is 6.29 Å². The SMILES string of the molecule is CCCCCCC/C=C\C/C=C\C/C=C\CCCCCCCCCCCCCCCCCCC(=O)NC(COC1OC(CO)C(O)C(O)C1O)C(O)CCCCCCCCCCCCCCCCCCCCCCCCCCCC. The van der Waals surface area contributed by atoms with Crippen LogP contribution in [0, 0.1) is 0 Å². The van der Waals surface area contributed by atoms with Crippen molar-refractivity contribution in [2.45, 2.75) is 397 Å². The number of hydrogen-bond donors (Lipinski definition) is 6. The lowest BCUT2D eigenvalue weighted by molar-refractivity contribution is -0.302. The Morgan fingerprint density at radius 1 is 0.425 bits per heavy atom. The number of nitrogens with one attached hydrogen (secondary N) is 1. The van der Waals surface area contributed by atoms with Crippen molar-refractivity contribution >= 4 is 5.91 Å². The lowest BCUT2D eigenvalue weighted by Crippen LogP contribution is -2.60. The Bertz CT molecular complexity index is 1360. The van der Waals surface area contributed by atoms with E-state index >= 15 is 0 Å². The maximum atomic E-state index is 13.2. The number of amides is 1. The number of aliphatic hydroxyl groups excluding tert-OH is 5. The van der Waals surface area contributed by atoms with Crippen LogP contribution in [0.15, 0.2) is 36.5 Å². The van der Waals surface area contributed by atoms with Gasteiger partial charge in [-0.3, -0.25) is 4.79 Å². The molecule has 1 fully saturated rings. The highest BCUT2D eigenvalue weighted by atomic mass is 16.7. The van der Waals surface area contributed by atoms with Gasteiger partial charge in [-0.15, -0.1) is 0 Å². The Balaban J connectivity index is 2.11. The molecule has 7 unspecified atom stereocenters. The number of carbonyl (C=O) groups is 1. The number of aliphatic hydroxyl groups is 5. The number of hydrogen-bond acceptors (Lipinski definition) is 8. The molecule has 0 spiro atoms. The largest absolute Gasteiger partial charge is 0.394 e. The second-order valence-corrected chi connectivity index (χ2v) is 24.7. The second kappa shape index (κ2) is 60.5. The summed E-state index contributed by atoms with van der Waals surface area (Å²) in [6.07, 6.45) is 73.5. The van der Waals surface area contributed by atoms with E-state index in [0.717, 1.165) is 51.4 Å². The topological polar surface area (TPSA) is 149 Å². The first-order valence-electron chi connectivity index (χ1n) is 35.2. The monoisotopic (exact) mass is 1130 g/mol. The summed E-state index contributed by atoms with van der Waals surface area (Å²) in [5.41, 5.74) is 0. The predicted molar refractivity (Wildman–Crippen MR) is 341 cm³/mol. The fourth-order valence-corrected chi connectivity index (χ4v) is 11.5. The third-order valence-electron chi connectivity index (χ3n) is 17.0. The molecule has 0 aromatic heterocycles. The molecule has 9 heteroatoms. The summed E-state index contributed by atoms with van der Waals surface area (Å²) in [5.74, 6) is -0.138. The quantitative estimate of drug-likeness (QED) is 0.0261. The van der Waals surface area contributed by atoms with Crippen molar-refractivity contribution in [3.05, 3.63) is 36.5 Å². The molecule has 6 N–H and O–H groups in total. The average molecular weight is 1130 g/mol. The fraction of sp³-hybridized carbons (Fsp3) is 0.901. The molecule has 1 heterocycles. The van der Waals surface area contributed by atoms with Crippen LogP contribution in [0.25, 0.3) is 0 Å². The van der Waals surface area contributed by atoms with Crippen molar-refractivity contribution in [1.29, 1.82) is 0 Å². The van der Waals surface area contributed by atoms with Crippen molar-refractivity contribution < 1.29 is 39.8 Å². The molecule has 0 aromatic rings. The van der Waals surface area contributed by atoms with Crippen molar-refractivity contribution in [2.24, 2.45) is 0 Å². The molecule has 7 atom stereocenters. The van der Waals surface area contributed by atoms with E-state index in [2.05, 4.69) is 55.6 Å². The molecule has 0 saturated carbocycles. The second-order valence-electron chi connectivity index (χ2n) is 24.7. The van der Waals surface area contributed by atoms with E-state index in [1.54, 1.807) is 0 Å². The summed E-state index contributed by atoms with van der Waals surface area (Å²) < 4.78 is 11.4. The summed E-state index contributed by atoms with van der Waals surface area (Å²) in [6, 6.07) is -0.720. The first-order valence-corrected chi connectivity index (χ1v) is 35.2. The fourth-order valence-electron chi connectivity index (χ4n) is 11.5. The molecule has 472 valence electrons. The minimum absolute atomic E-state index is 0.135. The maximum absolute atomic E-state index is 13.2. The van der Waals surface area contributed by atoms with E-state index in [1.165, 1.54) is 276 Å². The molecule has 1 aliphatic rings. The number of ether oxygens (including phenoxy) is 2. The van der Waals surface area contributed by atoms with E-state index in [4.69, 9.17) is 9.47 Å². The zero-order chi connectivity index (χ0) is 57.9. The van der Waals surface area contributed by atoms with Gasteiger partial charge >= 0.3 is 0 Å². The van der Waals surface area contributed by atoms with Gasteiger partial charge in [0.1, 0.15) is 24.4 Å². The van der Waals surface area contributed by atoms with Crippen LogP contribution >= 0.6 is 0 Å². The lowest BCUT2D eigenvalue weighted by atomic mass is 9.99. The van der Waals surface area contributed by atoms with Gasteiger partial charge in [0.05, 0.1) is 25.4 Å². The summed E-state index contributed by atoms with van der Waals surface area (Å²) >= 11 is 0. The molecule has 80 heavy (non-hydrogen) atoms. The zero-order valence-electron chi connectivity index (χ0n) is 52.9. The van der Waals surface area contributed by atoms with Crippen molar-refractivity contribution in [3.8, 4) is 0 Å². The minimum Gasteiger partial charge on any atom is -0.394 e. The minimum atomic E-state index is -1.55. The number of allylic oxidation sites excluding steroid dienone is 6. The third-order valence-corrected chi connectivity index (χ3v) is 17.0. The van der Waals surface area contributed by atoms with Crippen LogP contribution in [0.5, 0.6) is 0 Å². The Kier molecular flexibility index (Phi) is 57.8. The molecule has 1 rings (SSSR count). The molecule has 9 nitrogen and oxygen atoms in total. The molecule has 0 aliphatic carbocycles. The van der Waals surface area contributed by atoms with Gasteiger partial charge in [0, 0.05) is 6.42 Å². The van der Waals surface area contributed by atoms with Crippen LogP contribution in [0.1, 0.15) is 354 Å². The highest BCUT2D eigenvalue weighted by Gasteiger charge is 2.44. The van der Waals surface area contributed by atoms with Crippen LogP contribution in [0.2, 0.25) is 0 Å². The number of rotatable bonds is 62. The van der Waals surface area contributed by atoms with Crippen LogP contribution < -0.4 is 5.32 Å². The van der Waals surface area contributed by atoms with Gasteiger partial charge in [-0.2, -0.15) is 0 Å². The molecular formula is C71H135NO8. The van der Waals surface area contributed by atoms with Crippen LogP contribution in [0.4, 0.5) is 0 Å². The van der Waals surface area contributed by atoms with Crippen molar-refractivity contribution in [2.75, 3.05) is 13.2 Å². The van der Waals surface area contributed by atoms with Gasteiger partial charge in [-0.05, 0) is 51.4 Å². The zero-order valence-corrected chi connectivity index (χ0v) is 52.9. The molecule has 0 bridgehead atoms. The van der Waals surface area contributed by atoms with Gasteiger partial charge in [-0.1, -0.05) is 333 Å². The molecule has 1 aliphatic heterocycles. The Labute approximate surface area is 495 Å². The highest BCUT2D eigenvalue weighted by Crippen LogP contribution is 2.24. The summed E-state index contributed by atoms with van der Waals surface area (Å²) in [4.78, 5) is 13.2. The van der Waals surface area contributed by atoms with Crippen molar-refractivity contribution in [1.82, 2.24) is 5.32 Å². The first-order chi connectivity index (χ1) is 39.3. The third kappa shape index (κ3) is 48.7. The highest BCUT2D eigenvalue weighted by molar-refractivity contribution is 5.76. The Morgan fingerprint density at radius 3 is 1.09 bits per heavy atom. The smallest absolute Gasteiger partial charge is 0.220 e. The first kappa shape index (κ1) is 76.4. The van der Waals surface area contributed by atoms with Gasteiger partial charge < -0.3 is 40.3 Å². The van der Waals surface area contributed by atoms with Gasteiger partial charge in [0.25, 0.3) is 0 Å². The van der Waals surface area contributed by atoms with Crippen LogP contribution in [0.3, 0.4) is 0 Å². The van der Waals surface area contributed by atoms with E-state index in [9.17, 15) is 30.3 Å². The lowest BCUT2D eigenvalue weighted by Gasteiger charge is -2.40. The summed E-state index contributed by atoms with van der Waals surface area (Å²) in [7, 11) is 0. The molecule has 1 amide bonds. The van der Waals surface area contributed by atoms with E-state index < -0.39 is 49.5 Å². The van der Waals surface area contributed by atoms with E-state index in [1.807, 2.05) is 0 Å². The Morgan fingerprint density at radius 2 is 0.738 bits per heavy atom. The van der Waals surface area contributed by atoms with E-state index in [-0.39, 0.29) is 12.5 Å². The van der Waals surface area contributed by atoms with Gasteiger partial charge in [-0.25, -0.2) is 0 Å². The van der Waals surface area contributed by atoms with Crippen LogP contribution in [-0.2, 0) is 14.3 Å². The molecular weight excluding hydrogens is 995 g/mol. The molecule has 1 saturated heterocycles. The average Bonchev–Trinajstić information content (AvgIpc) is 3.46. The van der Waals surface area contributed by atoms with Gasteiger partial charge in [0.2, 0.25) is 5.91 Å². The summed E-state index contributed by atoms with van der Waals surface area (Å²) in [6.45, 7) is 3.88. The number of unbranched alkanes of at least 4 members (excludes halogenated alkanes) is 46. The van der Waals surface area contributed by atoms with E-state index in [0.29, 0.717) is 12.8 Å². The summed E-state index contributed by atoms with van der Waals surface area (Å²) in [5, 5.41) is 55.0. The maximum Gasteiger partial charge on any atom is 0.220 e. The normalized spacial score (nSPS) is 18.6. The Hall–Kier alpha value is -1.59. The van der Waals surface area contributed by atoms with Crippen molar-refractivity contribution in [3.63, 3.8) is 0 Å². The number of carbonyl (C=O) groups excluding carboxylic acids is 1.